The maximum Gasteiger partial charge on any atom is 0.250 e. The van der Waals surface area contributed by atoms with E-state index in [1.807, 2.05) is 0 Å². The fourth-order valence-corrected chi connectivity index (χ4v) is 2.47. The van der Waals surface area contributed by atoms with Crippen molar-refractivity contribution in [3.8, 4) is 0 Å². The second-order valence-electron chi connectivity index (χ2n) is 4.98. The summed E-state index contributed by atoms with van der Waals surface area (Å²) in [5.74, 6) is -0.581. The van der Waals surface area contributed by atoms with Crippen LogP contribution < -0.4 is 16.8 Å². The lowest BCUT2D eigenvalue weighted by Gasteiger charge is -2.10. The summed E-state index contributed by atoms with van der Waals surface area (Å²) in [4.78, 5) is 27.4. The Morgan fingerprint density at radius 3 is 2.58 bits per heavy atom. The van der Waals surface area contributed by atoms with Crippen LogP contribution >= 0.6 is 23.2 Å². The number of halogens is 2. The van der Waals surface area contributed by atoms with Gasteiger partial charge < -0.3 is 16.8 Å². The van der Waals surface area contributed by atoms with Gasteiger partial charge in [0.05, 0.1) is 22.0 Å². The van der Waals surface area contributed by atoms with Crippen LogP contribution in [0.15, 0.2) is 30.5 Å². The Kier molecular flexibility index (Phi) is 6.00. The van der Waals surface area contributed by atoms with Gasteiger partial charge in [-0.05, 0) is 29.7 Å². The second kappa shape index (κ2) is 7.99. The first-order chi connectivity index (χ1) is 11.4. The number of aromatic nitrogens is 1. The van der Waals surface area contributed by atoms with Gasteiger partial charge in [-0.2, -0.15) is 0 Å². The summed E-state index contributed by atoms with van der Waals surface area (Å²) in [6.45, 7) is 0.312. The van der Waals surface area contributed by atoms with Gasteiger partial charge in [0, 0.05) is 12.7 Å². The standard InChI is InChI=1S/C16H15Cl2N4O2/c17-11-4-2-10(14(15(11)18)16(20)24)3-6-13(23)22-8-9-1-5-12(19)21-7-9/h1-2,4-7H,3,8H2,(H2,19,21)(H2,20,24)(H,22,23). The zero-order valence-electron chi connectivity index (χ0n) is 12.6. The molecule has 0 aliphatic rings. The lowest BCUT2D eigenvalue weighted by molar-refractivity contribution is -0.118. The third-order valence-corrected chi connectivity index (χ3v) is 4.05. The maximum atomic E-state index is 11.9. The van der Waals surface area contributed by atoms with E-state index in [1.165, 1.54) is 6.42 Å². The fourth-order valence-electron chi connectivity index (χ4n) is 2.03. The number of amides is 2. The minimum absolute atomic E-state index is 0.0865. The molecular formula is C16H15Cl2N4O2. The van der Waals surface area contributed by atoms with Crippen molar-refractivity contribution >= 4 is 40.8 Å². The van der Waals surface area contributed by atoms with Gasteiger partial charge in [0.2, 0.25) is 5.91 Å². The molecule has 1 aromatic heterocycles. The van der Waals surface area contributed by atoms with E-state index < -0.39 is 5.91 Å². The predicted octanol–water partition coefficient (Wildman–Crippen LogP) is 2.13. The first-order valence-electron chi connectivity index (χ1n) is 6.96. The molecule has 5 N–H and O–H groups in total. The summed E-state index contributed by atoms with van der Waals surface area (Å²) >= 11 is 11.9. The lowest BCUT2D eigenvalue weighted by Crippen LogP contribution is -2.24. The van der Waals surface area contributed by atoms with Crippen molar-refractivity contribution in [2.75, 3.05) is 5.73 Å². The van der Waals surface area contributed by atoms with E-state index in [4.69, 9.17) is 34.7 Å². The number of nitrogens with zero attached hydrogens (tertiary/aromatic N) is 1. The molecule has 0 fully saturated rings. The van der Waals surface area contributed by atoms with Crippen LogP contribution in [0.25, 0.3) is 0 Å². The summed E-state index contributed by atoms with van der Waals surface area (Å²) in [6.07, 6.45) is 3.18. The van der Waals surface area contributed by atoms with Gasteiger partial charge in [-0.15, -0.1) is 0 Å². The monoisotopic (exact) mass is 365 g/mol. The molecule has 0 atom stereocenters. The van der Waals surface area contributed by atoms with E-state index in [0.717, 1.165) is 5.56 Å². The molecule has 0 bridgehead atoms. The van der Waals surface area contributed by atoms with E-state index in [9.17, 15) is 9.59 Å². The number of benzene rings is 1. The predicted molar refractivity (Wildman–Crippen MR) is 93.5 cm³/mol. The third-order valence-electron chi connectivity index (χ3n) is 3.25. The van der Waals surface area contributed by atoms with Crippen molar-refractivity contribution in [3.05, 3.63) is 63.6 Å². The average molecular weight is 366 g/mol. The van der Waals surface area contributed by atoms with Gasteiger partial charge in [0.25, 0.3) is 5.91 Å². The molecule has 0 saturated carbocycles. The number of rotatable bonds is 6. The van der Waals surface area contributed by atoms with Gasteiger partial charge in [-0.3, -0.25) is 9.59 Å². The third kappa shape index (κ3) is 4.59. The molecular weight excluding hydrogens is 351 g/mol. The van der Waals surface area contributed by atoms with Crippen LogP contribution in [0.5, 0.6) is 0 Å². The summed E-state index contributed by atoms with van der Waals surface area (Å²) in [5, 5.41) is 3.03. The highest BCUT2D eigenvalue weighted by atomic mass is 35.5. The fraction of sp³-hybridized carbons (Fsp3) is 0.125. The zero-order chi connectivity index (χ0) is 17.7. The number of pyridine rings is 1. The highest BCUT2D eigenvalue weighted by molar-refractivity contribution is 6.44. The number of hydrogen-bond donors (Lipinski definition) is 3. The maximum absolute atomic E-state index is 11.9. The molecule has 2 rings (SSSR count). The van der Waals surface area contributed by atoms with Crippen molar-refractivity contribution in [3.63, 3.8) is 0 Å². The van der Waals surface area contributed by atoms with E-state index in [1.54, 1.807) is 30.5 Å². The van der Waals surface area contributed by atoms with Crippen molar-refractivity contribution in [2.45, 2.75) is 13.0 Å². The minimum atomic E-state index is -0.695. The number of hydrogen-bond acceptors (Lipinski definition) is 4. The quantitative estimate of drug-likeness (QED) is 0.727. The molecule has 1 radical (unpaired) electrons. The number of primary amides is 1. The van der Waals surface area contributed by atoms with E-state index in [-0.39, 0.29) is 27.9 Å². The van der Waals surface area contributed by atoms with Crippen LogP contribution in [0.4, 0.5) is 5.82 Å². The van der Waals surface area contributed by atoms with E-state index in [2.05, 4.69) is 10.3 Å². The summed E-state index contributed by atoms with van der Waals surface area (Å²) in [7, 11) is 0. The molecule has 0 aliphatic heterocycles. The van der Waals surface area contributed by atoms with Gasteiger partial charge in [0.1, 0.15) is 5.82 Å². The molecule has 8 heteroatoms. The van der Waals surface area contributed by atoms with Crippen LogP contribution in [-0.2, 0) is 17.8 Å². The van der Waals surface area contributed by atoms with Gasteiger partial charge >= 0.3 is 0 Å². The molecule has 2 amide bonds. The first-order valence-corrected chi connectivity index (χ1v) is 7.72. The van der Waals surface area contributed by atoms with Crippen LogP contribution in [0.1, 0.15) is 21.5 Å². The molecule has 2 aromatic rings. The first kappa shape index (κ1) is 18.0. The summed E-state index contributed by atoms with van der Waals surface area (Å²) < 4.78 is 0. The molecule has 1 heterocycles. The molecule has 0 unspecified atom stereocenters. The van der Waals surface area contributed by atoms with Crippen LogP contribution in [0.3, 0.4) is 0 Å². The molecule has 0 spiro atoms. The topological polar surface area (TPSA) is 111 Å². The Balaban J connectivity index is 1.95. The number of anilines is 1. The van der Waals surface area contributed by atoms with E-state index in [0.29, 0.717) is 17.9 Å². The highest BCUT2D eigenvalue weighted by Crippen LogP contribution is 2.28. The minimum Gasteiger partial charge on any atom is -0.384 e. The van der Waals surface area contributed by atoms with Gasteiger partial charge in [0.15, 0.2) is 0 Å². The Bertz CT molecular complexity index is 763. The molecule has 1 aromatic carbocycles. The Labute approximate surface area is 149 Å². The Morgan fingerprint density at radius 1 is 1.21 bits per heavy atom. The molecule has 0 saturated heterocycles. The van der Waals surface area contributed by atoms with Crippen LogP contribution in [-0.4, -0.2) is 16.8 Å². The molecule has 125 valence electrons. The number of nitrogen functional groups attached to an aromatic ring is 1. The van der Waals surface area contributed by atoms with Gasteiger partial charge in [-0.25, -0.2) is 4.98 Å². The zero-order valence-corrected chi connectivity index (χ0v) is 14.1. The SMILES string of the molecule is NC(=O)c1c(C[CH]C(=O)NCc2ccc(N)nc2)ccc(Cl)c1Cl. The van der Waals surface area contributed by atoms with Crippen molar-refractivity contribution in [1.82, 2.24) is 10.3 Å². The highest BCUT2D eigenvalue weighted by Gasteiger charge is 2.16. The largest absolute Gasteiger partial charge is 0.384 e. The van der Waals surface area contributed by atoms with Crippen molar-refractivity contribution < 1.29 is 9.59 Å². The smallest absolute Gasteiger partial charge is 0.250 e. The summed E-state index contributed by atoms with van der Waals surface area (Å²) in [5.41, 5.74) is 12.3. The number of nitrogens with one attached hydrogen (secondary N) is 1. The Hall–Kier alpha value is -2.31. The molecule has 24 heavy (non-hydrogen) atoms. The van der Waals surface area contributed by atoms with Gasteiger partial charge in [-0.1, -0.05) is 35.3 Å². The number of carbonyl (C=O) groups is 2. The molecule has 0 aliphatic carbocycles. The second-order valence-corrected chi connectivity index (χ2v) is 5.76. The number of nitrogens with two attached hydrogens (primary N) is 2. The lowest BCUT2D eigenvalue weighted by atomic mass is 10.0. The van der Waals surface area contributed by atoms with Crippen molar-refractivity contribution in [1.29, 1.82) is 0 Å². The Morgan fingerprint density at radius 2 is 1.96 bits per heavy atom. The van der Waals surface area contributed by atoms with E-state index >= 15 is 0 Å². The molecule has 6 nitrogen and oxygen atoms in total. The van der Waals surface area contributed by atoms with Crippen LogP contribution in [0.2, 0.25) is 10.0 Å². The summed E-state index contributed by atoms with van der Waals surface area (Å²) in [6, 6.07) is 6.59. The normalized spacial score (nSPS) is 10.4. The average Bonchev–Trinajstić information content (AvgIpc) is 2.55. The van der Waals surface area contributed by atoms with Crippen molar-refractivity contribution in [2.24, 2.45) is 5.73 Å². The number of carbonyl (C=O) groups excluding carboxylic acids is 2. The van der Waals surface area contributed by atoms with Crippen LogP contribution in [0, 0.1) is 6.42 Å².